The van der Waals surface area contributed by atoms with Crippen molar-refractivity contribution in [3.05, 3.63) is 0 Å². The lowest BCUT2D eigenvalue weighted by Crippen LogP contribution is -2.45. The molecule has 1 atom stereocenters. The number of aliphatic hydroxyl groups excluding tert-OH is 1. The van der Waals surface area contributed by atoms with Gasteiger partial charge in [-0.25, -0.2) is 0 Å². The summed E-state index contributed by atoms with van der Waals surface area (Å²) in [6.07, 6.45) is 1.59. The van der Waals surface area contributed by atoms with E-state index in [1.807, 2.05) is 18.7 Å². The van der Waals surface area contributed by atoms with E-state index in [1.54, 1.807) is 0 Å². The van der Waals surface area contributed by atoms with Gasteiger partial charge in [0.2, 0.25) is 5.91 Å². The molecular weight excluding hydrogens is 180 g/mol. The number of carbonyl (C=O) groups is 1. The van der Waals surface area contributed by atoms with Gasteiger partial charge in [0.05, 0.1) is 12.6 Å². The summed E-state index contributed by atoms with van der Waals surface area (Å²) in [6.45, 7) is 5.86. The molecular formula is C10H20N2O2. The van der Waals surface area contributed by atoms with Crippen molar-refractivity contribution in [2.45, 2.75) is 38.8 Å². The molecule has 0 unspecified atom stereocenters. The molecule has 4 nitrogen and oxygen atoms in total. The number of amides is 1. The second-order valence-electron chi connectivity index (χ2n) is 4.25. The molecule has 1 heterocycles. The zero-order valence-corrected chi connectivity index (χ0v) is 8.99. The molecule has 4 heteroatoms. The average Bonchev–Trinajstić information content (AvgIpc) is 2.01. The Kier molecular flexibility index (Phi) is 4.35. The highest BCUT2D eigenvalue weighted by Gasteiger charge is 2.19. The summed E-state index contributed by atoms with van der Waals surface area (Å²) in [4.78, 5) is 13.4. The van der Waals surface area contributed by atoms with Gasteiger partial charge in [-0.1, -0.05) is 0 Å². The van der Waals surface area contributed by atoms with Gasteiger partial charge in [-0.3, -0.25) is 9.69 Å². The van der Waals surface area contributed by atoms with Crippen molar-refractivity contribution < 1.29 is 9.90 Å². The van der Waals surface area contributed by atoms with Crippen LogP contribution in [-0.2, 0) is 4.79 Å². The van der Waals surface area contributed by atoms with Gasteiger partial charge in [-0.15, -0.1) is 0 Å². The van der Waals surface area contributed by atoms with Crippen LogP contribution in [0.3, 0.4) is 0 Å². The molecule has 1 amide bonds. The van der Waals surface area contributed by atoms with Crippen molar-refractivity contribution in [1.82, 2.24) is 10.2 Å². The molecule has 82 valence electrons. The Morgan fingerprint density at radius 3 is 2.93 bits per heavy atom. The SMILES string of the molecule is CC(C)NC(=O)CN1CCC[C@H](O)C1. The first-order chi connectivity index (χ1) is 6.58. The highest BCUT2D eigenvalue weighted by molar-refractivity contribution is 5.78. The second-order valence-corrected chi connectivity index (χ2v) is 4.25. The third-order valence-electron chi connectivity index (χ3n) is 2.30. The van der Waals surface area contributed by atoms with Crippen LogP contribution in [0.15, 0.2) is 0 Å². The molecule has 2 N–H and O–H groups in total. The Balaban J connectivity index is 2.25. The maximum Gasteiger partial charge on any atom is 0.234 e. The van der Waals surface area contributed by atoms with Gasteiger partial charge in [0.25, 0.3) is 0 Å². The van der Waals surface area contributed by atoms with Crippen LogP contribution < -0.4 is 5.32 Å². The van der Waals surface area contributed by atoms with Crippen LogP contribution in [0.25, 0.3) is 0 Å². The lowest BCUT2D eigenvalue weighted by molar-refractivity contribution is -0.123. The number of carbonyl (C=O) groups excluding carboxylic acids is 1. The van der Waals surface area contributed by atoms with Crippen LogP contribution in [-0.4, -0.2) is 47.7 Å². The van der Waals surface area contributed by atoms with Crippen LogP contribution in [0.4, 0.5) is 0 Å². The van der Waals surface area contributed by atoms with Gasteiger partial charge >= 0.3 is 0 Å². The normalized spacial score (nSPS) is 23.9. The highest BCUT2D eigenvalue weighted by Crippen LogP contribution is 2.08. The average molecular weight is 200 g/mol. The minimum absolute atomic E-state index is 0.0501. The third-order valence-corrected chi connectivity index (χ3v) is 2.30. The van der Waals surface area contributed by atoms with E-state index in [9.17, 15) is 9.90 Å². The van der Waals surface area contributed by atoms with Crippen LogP contribution >= 0.6 is 0 Å². The summed E-state index contributed by atoms with van der Waals surface area (Å²) >= 11 is 0. The Morgan fingerprint density at radius 2 is 2.36 bits per heavy atom. The molecule has 1 saturated heterocycles. The largest absolute Gasteiger partial charge is 0.392 e. The molecule has 0 aromatic carbocycles. The van der Waals surface area contributed by atoms with Crippen molar-refractivity contribution in [2.75, 3.05) is 19.6 Å². The van der Waals surface area contributed by atoms with Crippen LogP contribution in [0, 0.1) is 0 Å². The molecule has 1 aliphatic heterocycles. The fraction of sp³-hybridized carbons (Fsp3) is 0.900. The van der Waals surface area contributed by atoms with Gasteiger partial charge in [0.15, 0.2) is 0 Å². The Labute approximate surface area is 85.3 Å². The molecule has 0 radical (unpaired) electrons. The smallest absolute Gasteiger partial charge is 0.234 e. The maximum atomic E-state index is 11.4. The first-order valence-corrected chi connectivity index (χ1v) is 5.27. The van der Waals surface area contributed by atoms with Gasteiger partial charge < -0.3 is 10.4 Å². The third kappa shape index (κ3) is 4.07. The summed E-state index contributed by atoms with van der Waals surface area (Å²) in [6, 6.07) is 0.192. The maximum absolute atomic E-state index is 11.4. The number of nitrogens with one attached hydrogen (secondary N) is 1. The number of nitrogens with zero attached hydrogens (tertiary/aromatic N) is 1. The fourth-order valence-electron chi connectivity index (χ4n) is 1.75. The van der Waals surface area contributed by atoms with E-state index in [-0.39, 0.29) is 18.1 Å². The minimum atomic E-state index is -0.254. The molecule has 0 bridgehead atoms. The Hall–Kier alpha value is -0.610. The first-order valence-electron chi connectivity index (χ1n) is 5.27. The number of hydrogen-bond donors (Lipinski definition) is 2. The number of β-amino-alcohol motifs (C(OH)–C–C–N with tert-alkyl or cyclic N) is 1. The topological polar surface area (TPSA) is 52.6 Å². The van der Waals surface area contributed by atoms with Crippen molar-refractivity contribution in [3.8, 4) is 0 Å². The van der Waals surface area contributed by atoms with E-state index in [4.69, 9.17) is 0 Å². The van der Waals surface area contributed by atoms with Gasteiger partial charge in [0.1, 0.15) is 0 Å². The van der Waals surface area contributed by atoms with E-state index >= 15 is 0 Å². The van der Waals surface area contributed by atoms with E-state index in [0.717, 1.165) is 19.4 Å². The molecule has 14 heavy (non-hydrogen) atoms. The quantitative estimate of drug-likeness (QED) is 0.672. The molecule has 0 spiro atoms. The molecule has 0 aromatic rings. The van der Waals surface area contributed by atoms with Crippen LogP contribution in [0.1, 0.15) is 26.7 Å². The van der Waals surface area contributed by atoms with E-state index in [0.29, 0.717) is 13.1 Å². The standard InChI is InChI=1S/C10H20N2O2/c1-8(2)11-10(14)7-12-5-3-4-9(13)6-12/h8-9,13H,3-7H2,1-2H3,(H,11,14)/t9-/m0/s1. The zero-order chi connectivity index (χ0) is 10.6. The predicted octanol–water partition coefficient (Wildman–Crippen LogP) is -0.0323. The van der Waals surface area contributed by atoms with Gasteiger partial charge in [-0.05, 0) is 33.2 Å². The number of likely N-dealkylation sites (tertiary alicyclic amines) is 1. The number of piperidine rings is 1. The van der Waals surface area contributed by atoms with Gasteiger partial charge in [-0.2, -0.15) is 0 Å². The molecule has 0 aliphatic carbocycles. The van der Waals surface area contributed by atoms with E-state index in [2.05, 4.69) is 5.32 Å². The molecule has 0 saturated carbocycles. The Bertz CT molecular complexity index is 195. The van der Waals surface area contributed by atoms with Crippen LogP contribution in [0.5, 0.6) is 0 Å². The van der Waals surface area contributed by atoms with Crippen molar-refractivity contribution in [1.29, 1.82) is 0 Å². The van der Waals surface area contributed by atoms with Crippen molar-refractivity contribution in [3.63, 3.8) is 0 Å². The fourth-order valence-corrected chi connectivity index (χ4v) is 1.75. The molecule has 0 aromatic heterocycles. The number of aliphatic hydroxyl groups is 1. The lowest BCUT2D eigenvalue weighted by atomic mass is 10.1. The second kappa shape index (κ2) is 5.32. The summed E-state index contributed by atoms with van der Waals surface area (Å²) in [5, 5.41) is 12.2. The molecule has 1 rings (SSSR count). The van der Waals surface area contributed by atoms with Crippen molar-refractivity contribution in [2.24, 2.45) is 0 Å². The first kappa shape index (κ1) is 11.5. The molecule has 1 fully saturated rings. The van der Waals surface area contributed by atoms with Gasteiger partial charge in [0, 0.05) is 12.6 Å². The van der Waals surface area contributed by atoms with Crippen LogP contribution in [0.2, 0.25) is 0 Å². The monoisotopic (exact) mass is 200 g/mol. The summed E-state index contributed by atoms with van der Waals surface area (Å²) < 4.78 is 0. The summed E-state index contributed by atoms with van der Waals surface area (Å²) in [5.41, 5.74) is 0. The Morgan fingerprint density at radius 1 is 1.64 bits per heavy atom. The van der Waals surface area contributed by atoms with E-state index < -0.39 is 0 Å². The molecule has 1 aliphatic rings. The highest BCUT2D eigenvalue weighted by atomic mass is 16.3. The number of hydrogen-bond acceptors (Lipinski definition) is 3. The minimum Gasteiger partial charge on any atom is -0.392 e. The predicted molar refractivity (Wildman–Crippen MR) is 55.0 cm³/mol. The van der Waals surface area contributed by atoms with E-state index in [1.165, 1.54) is 0 Å². The summed E-state index contributed by atoms with van der Waals surface area (Å²) in [7, 11) is 0. The zero-order valence-electron chi connectivity index (χ0n) is 8.99. The lowest BCUT2D eigenvalue weighted by Gasteiger charge is -2.29. The van der Waals surface area contributed by atoms with Crippen molar-refractivity contribution >= 4 is 5.91 Å². The summed E-state index contributed by atoms with van der Waals surface area (Å²) in [5.74, 6) is 0.0501. The number of rotatable bonds is 3.